The first kappa shape index (κ1) is 15.3. The molecule has 0 spiro atoms. The van der Waals surface area contributed by atoms with E-state index in [0.29, 0.717) is 21.6 Å². The van der Waals surface area contributed by atoms with Crippen molar-refractivity contribution in [1.82, 2.24) is 10.2 Å². The molecular formula is C14H8Cl2N4O3. The Morgan fingerprint density at radius 2 is 2.00 bits per heavy atom. The Bertz CT molecular complexity index is 939. The van der Waals surface area contributed by atoms with Gasteiger partial charge in [-0.3, -0.25) is 20.0 Å². The number of non-ortho nitro benzene ring substituents is 1. The molecule has 0 saturated carbocycles. The Hall–Kier alpha value is -2.64. The number of nitrogens with one attached hydrogen (secondary N) is 2. The van der Waals surface area contributed by atoms with E-state index in [1.807, 2.05) is 0 Å². The second-order valence-electron chi connectivity index (χ2n) is 4.67. The smallest absolute Gasteiger partial charge is 0.271 e. The van der Waals surface area contributed by atoms with Crippen molar-refractivity contribution >= 4 is 51.4 Å². The molecule has 3 aromatic rings. The van der Waals surface area contributed by atoms with Gasteiger partial charge in [-0.2, -0.15) is 5.10 Å². The van der Waals surface area contributed by atoms with Gasteiger partial charge in [0.25, 0.3) is 11.6 Å². The summed E-state index contributed by atoms with van der Waals surface area (Å²) in [6.45, 7) is 0. The monoisotopic (exact) mass is 350 g/mol. The largest absolute Gasteiger partial charge is 0.322 e. The van der Waals surface area contributed by atoms with Crippen molar-refractivity contribution in [3.8, 4) is 0 Å². The SMILES string of the molecule is O=C(Nc1ccc(Cl)c(Cl)c1)c1cc([N+](=O)[O-])cc2cn[nH]c12. The van der Waals surface area contributed by atoms with E-state index >= 15 is 0 Å². The number of anilines is 1. The average molecular weight is 351 g/mol. The van der Waals surface area contributed by atoms with Crippen molar-refractivity contribution < 1.29 is 9.72 Å². The molecule has 0 aliphatic rings. The van der Waals surface area contributed by atoms with E-state index in [2.05, 4.69) is 15.5 Å². The van der Waals surface area contributed by atoms with Crippen molar-refractivity contribution in [3.63, 3.8) is 0 Å². The molecule has 23 heavy (non-hydrogen) atoms. The Balaban J connectivity index is 2.01. The Morgan fingerprint density at radius 1 is 1.22 bits per heavy atom. The van der Waals surface area contributed by atoms with Gasteiger partial charge in [-0.15, -0.1) is 0 Å². The van der Waals surface area contributed by atoms with Crippen LogP contribution in [0.3, 0.4) is 0 Å². The van der Waals surface area contributed by atoms with Crippen LogP contribution in [-0.2, 0) is 0 Å². The van der Waals surface area contributed by atoms with Gasteiger partial charge in [-0.05, 0) is 18.2 Å². The second-order valence-corrected chi connectivity index (χ2v) is 5.48. The molecular weight excluding hydrogens is 343 g/mol. The van der Waals surface area contributed by atoms with Crippen LogP contribution >= 0.6 is 23.2 Å². The minimum atomic E-state index is -0.567. The van der Waals surface area contributed by atoms with Crippen LogP contribution in [0.2, 0.25) is 10.0 Å². The molecule has 7 nitrogen and oxygen atoms in total. The minimum Gasteiger partial charge on any atom is -0.322 e. The lowest BCUT2D eigenvalue weighted by Gasteiger charge is -2.07. The summed E-state index contributed by atoms with van der Waals surface area (Å²) in [5, 5.41) is 21.2. The summed E-state index contributed by atoms with van der Waals surface area (Å²) < 4.78 is 0. The molecule has 1 heterocycles. The maximum atomic E-state index is 12.4. The average Bonchev–Trinajstić information content (AvgIpc) is 2.98. The minimum absolute atomic E-state index is 0.109. The van der Waals surface area contributed by atoms with Crippen LogP contribution < -0.4 is 5.32 Å². The number of hydrogen-bond acceptors (Lipinski definition) is 4. The molecule has 0 fully saturated rings. The summed E-state index contributed by atoms with van der Waals surface area (Å²) in [6.07, 6.45) is 1.41. The van der Waals surface area contributed by atoms with E-state index < -0.39 is 10.8 Å². The summed E-state index contributed by atoms with van der Waals surface area (Å²) >= 11 is 11.7. The lowest BCUT2D eigenvalue weighted by Crippen LogP contribution is -2.13. The van der Waals surface area contributed by atoms with Crippen LogP contribution in [0.15, 0.2) is 36.5 Å². The van der Waals surface area contributed by atoms with Crippen LogP contribution in [0.25, 0.3) is 10.9 Å². The normalized spacial score (nSPS) is 10.7. The van der Waals surface area contributed by atoms with Crippen molar-refractivity contribution in [3.05, 3.63) is 62.3 Å². The van der Waals surface area contributed by atoms with Crippen LogP contribution in [0, 0.1) is 10.1 Å². The molecule has 0 aliphatic carbocycles. The number of aromatic nitrogens is 2. The molecule has 1 amide bonds. The highest BCUT2D eigenvalue weighted by Crippen LogP contribution is 2.27. The Morgan fingerprint density at radius 3 is 2.70 bits per heavy atom. The number of H-pyrrole nitrogens is 1. The number of fused-ring (bicyclic) bond motifs is 1. The maximum absolute atomic E-state index is 12.4. The lowest BCUT2D eigenvalue weighted by molar-refractivity contribution is -0.384. The number of carbonyl (C=O) groups excluding carboxylic acids is 1. The van der Waals surface area contributed by atoms with Crippen molar-refractivity contribution in [2.45, 2.75) is 0 Å². The van der Waals surface area contributed by atoms with E-state index in [9.17, 15) is 14.9 Å². The van der Waals surface area contributed by atoms with Gasteiger partial charge in [0.1, 0.15) is 0 Å². The van der Waals surface area contributed by atoms with Gasteiger partial charge in [-0.25, -0.2) is 0 Å². The number of nitro groups is 1. The summed E-state index contributed by atoms with van der Waals surface area (Å²) in [4.78, 5) is 22.9. The molecule has 0 bridgehead atoms. The molecule has 3 rings (SSSR count). The highest BCUT2D eigenvalue weighted by molar-refractivity contribution is 6.42. The fourth-order valence-electron chi connectivity index (χ4n) is 2.10. The highest BCUT2D eigenvalue weighted by Gasteiger charge is 2.18. The van der Waals surface area contributed by atoms with Crippen molar-refractivity contribution in [2.24, 2.45) is 0 Å². The molecule has 2 aromatic carbocycles. The topological polar surface area (TPSA) is 101 Å². The number of nitrogens with zero attached hydrogens (tertiary/aromatic N) is 2. The third kappa shape index (κ3) is 2.96. The summed E-state index contributed by atoms with van der Waals surface area (Å²) in [7, 11) is 0. The molecule has 9 heteroatoms. The fourth-order valence-corrected chi connectivity index (χ4v) is 2.40. The third-order valence-electron chi connectivity index (χ3n) is 3.17. The number of amides is 1. The van der Waals surface area contributed by atoms with E-state index in [0.717, 1.165) is 0 Å². The van der Waals surface area contributed by atoms with E-state index in [1.54, 1.807) is 12.1 Å². The quantitative estimate of drug-likeness (QED) is 0.549. The molecule has 2 N–H and O–H groups in total. The first-order valence-electron chi connectivity index (χ1n) is 6.33. The Labute approximate surface area is 139 Å². The predicted octanol–water partition coefficient (Wildman–Crippen LogP) is 4.03. The number of aromatic amines is 1. The fraction of sp³-hybridized carbons (Fsp3) is 0. The molecule has 0 saturated heterocycles. The first-order chi connectivity index (χ1) is 11.0. The van der Waals surface area contributed by atoms with Gasteiger partial charge >= 0.3 is 0 Å². The van der Waals surface area contributed by atoms with Gasteiger partial charge < -0.3 is 5.32 Å². The van der Waals surface area contributed by atoms with Gasteiger partial charge in [0.15, 0.2) is 0 Å². The predicted molar refractivity (Wildman–Crippen MR) is 87.2 cm³/mol. The van der Waals surface area contributed by atoms with E-state index in [4.69, 9.17) is 23.2 Å². The van der Waals surface area contributed by atoms with Gasteiger partial charge in [0.05, 0.1) is 32.2 Å². The lowest BCUT2D eigenvalue weighted by atomic mass is 10.1. The first-order valence-corrected chi connectivity index (χ1v) is 7.09. The molecule has 0 atom stereocenters. The van der Waals surface area contributed by atoms with Gasteiger partial charge in [0.2, 0.25) is 0 Å². The summed E-state index contributed by atoms with van der Waals surface area (Å²) in [5.74, 6) is -0.527. The van der Waals surface area contributed by atoms with Crippen LogP contribution in [0.1, 0.15) is 10.4 Å². The standard InChI is InChI=1S/C14H8Cl2N4O3/c15-11-2-1-8(4-12(11)16)18-14(21)10-5-9(20(22)23)3-7-6-17-19-13(7)10/h1-6H,(H,17,19)(H,18,21). The third-order valence-corrected chi connectivity index (χ3v) is 3.91. The zero-order valence-corrected chi connectivity index (χ0v) is 12.9. The van der Waals surface area contributed by atoms with E-state index in [1.165, 1.54) is 24.4 Å². The number of nitro benzene ring substituents is 1. The second kappa shape index (κ2) is 5.86. The van der Waals surface area contributed by atoms with Gasteiger partial charge in [0, 0.05) is 23.2 Å². The number of halogens is 2. The molecule has 0 radical (unpaired) electrons. The number of hydrogen-bond donors (Lipinski definition) is 2. The van der Waals surface area contributed by atoms with Crippen molar-refractivity contribution in [2.75, 3.05) is 5.32 Å². The molecule has 0 unspecified atom stereocenters. The van der Waals surface area contributed by atoms with E-state index in [-0.39, 0.29) is 16.3 Å². The summed E-state index contributed by atoms with van der Waals surface area (Å²) in [5.41, 5.74) is 0.743. The molecule has 1 aromatic heterocycles. The highest BCUT2D eigenvalue weighted by atomic mass is 35.5. The maximum Gasteiger partial charge on any atom is 0.271 e. The summed E-state index contributed by atoms with van der Waals surface area (Å²) in [6, 6.07) is 7.14. The molecule has 0 aliphatic heterocycles. The Kier molecular flexibility index (Phi) is 3.89. The van der Waals surface area contributed by atoms with Crippen molar-refractivity contribution in [1.29, 1.82) is 0 Å². The number of rotatable bonds is 3. The van der Waals surface area contributed by atoms with Crippen LogP contribution in [0.4, 0.5) is 11.4 Å². The zero-order chi connectivity index (χ0) is 16.6. The van der Waals surface area contributed by atoms with Gasteiger partial charge in [-0.1, -0.05) is 23.2 Å². The van der Waals surface area contributed by atoms with Crippen LogP contribution in [-0.4, -0.2) is 21.0 Å². The zero-order valence-electron chi connectivity index (χ0n) is 11.3. The number of benzene rings is 2. The van der Waals surface area contributed by atoms with Crippen LogP contribution in [0.5, 0.6) is 0 Å². The number of carbonyl (C=O) groups is 1. The molecule has 116 valence electrons.